The van der Waals surface area contributed by atoms with Gasteiger partial charge >= 0.3 is 6.09 Å². The fourth-order valence-corrected chi connectivity index (χ4v) is 7.95. The SMILES string of the molecule is CS(=O)(=O)N[C@H](CCC1CCCC1)C(=O)N1C[C@H](OC(=O)N2CCCCC2)CC1C(=O)N[C@@H](CCCCN)C(=O)c1nc2ccccc2o1. The zero-order valence-electron chi connectivity index (χ0n) is 28.3. The Kier molecular flexibility index (Phi) is 12.7. The fraction of sp³-hybridized carbons (Fsp3) is 0.676. The number of aromatic nitrogens is 1. The number of nitrogens with one attached hydrogen (secondary N) is 2. The third-order valence-electron chi connectivity index (χ3n) is 9.81. The van der Waals surface area contributed by atoms with E-state index in [4.69, 9.17) is 14.9 Å². The molecule has 1 aliphatic carbocycles. The second kappa shape index (κ2) is 16.9. The van der Waals surface area contributed by atoms with Crippen LogP contribution in [0.4, 0.5) is 4.79 Å². The van der Waals surface area contributed by atoms with Gasteiger partial charge in [0.15, 0.2) is 5.58 Å². The van der Waals surface area contributed by atoms with E-state index in [-0.39, 0.29) is 31.7 Å². The third kappa shape index (κ3) is 10.0. The standard InChI is InChI=1S/C34H50N6O8S/c1-49(45,46)38-27(17-16-23-11-3-4-12-23)33(43)40-22-24(47-34(44)39-19-9-2-10-20-39)21-28(40)31(42)36-26(14-7-8-18-35)30(41)32-37-25-13-5-6-15-29(25)48-32/h5-6,13,15,23-24,26-28,38H,2-4,7-12,14,16-22,35H2,1H3,(H,36,42)/t24-,26+,27-,28?/m1/s1. The number of para-hydroxylation sites is 2. The molecule has 14 nitrogen and oxygen atoms in total. The normalized spacial score (nSPS) is 21.5. The maximum Gasteiger partial charge on any atom is 0.410 e. The summed E-state index contributed by atoms with van der Waals surface area (Å²) < 4.78 is 38.9. The predicted molar refractivity (Wildman–Crippen MR) is 182 cm³/mol. The van der Waals surface area contributed by atoms with Gasteiger partial charge in [0.2, 0.25) is 27.6 Å². The van der Waals surface area contributed by atoms with Crippen molar-refractivity contribution in [2.75, 3.05) is 32.4 Å². The van der Waals surface area contributed by atoms with Crippen LogP contribution in [0, 0.1) is 5.92 Å². The first-order valence-electron chi connectivity index (χ1n) is 17.7. The number of nitrogens with two attached hydrogens (primary N) is 1. The van der Waals surface area contributed by atoms with Crippen molar-refractivity contribution in [2.45, 2.75) is 108 Å². The number of piperidine rings is 1. The molecule has 4 N–H and O–H groups in total. The Morgan fingerprint density at radius 2 is 1.76 bits per heavy atom. The molecule has 3 amide bonds. The summed E-state index contributed by atoms with van der Waals surface area (Å²) in [6, 6.07) is 3.73. The smallest absolute Gasteiger partial charge is 0.410 e. The number of sulfonamides is 1. The molecular weight excluding hydrogens is 652 g/mol. The van der Waals surface area contributed by atoms with E-state index in [1.165, 1.54) is 4.90 Å². The summed E-state index contributed by atoms with van der Waals surface area (Å²) in [5.41, 5.74) is 6.65. The molecule has 4 atom stereocenters. The molecule has 1 aromatic heterocycles. The van der Waals surface area contributed by atoms with E-state index in [1.54, 1.807) is 29.2 Å². The first kappa shape index (κ1) is 36.7. The number of ketones is 1. The summed E-state index contributed by atoms with van der Waals surface area (Å²) in [5, 5.41) is 2.83. The number of amides is 3. The van der Waals surface area contributed by atoms with E-state index in [0.717, 1.165) is 51.2 Å². The van der Waals surface area contributed by atoms with Gasteiger partial charge in [-0.15, -0.1) is 0 Å². The van der Waals surface area contributed by atoms with Gasteiger partial charge in [-0.25, -0.2) is 22.9 Å². The van der Waals surface area contributed by atoms with Crippen molar-refractivity contribution in [3.63, 3.8) is 0 Å². The van der Waals surface area contributed by atoms with Gasteiger partial charge in [-0.05, 0) is 76.0 Å². The van der Waals surface area contributed by atoms with Crippen LogP contribution < -0.4 is 15.8 Å². The Morgan fingerprint density at radius 1 is 1.02 bits per heavy atom. The minimum absolute atomic E-state index is 0.00201. The van der Waals surface area contributed by atoms with E-state index in [0.29, 0.717) is 55.9 Å². The Labute approximate surface area is 287 Å². The summed E-state index contributed by atoms with van der Waals surface area (Å²) in [6.45, 7) is 1.46. The minimum Gasteiger partial charge on any atom is -0.444 e. The number of hydrogen-bond acceptors (Lipinski definition) is 10. The van der Waals surface area contributed by atoms with Crippen LogP contribution >= 0.6 is 0 Å². The number of hydrogen-bond donors (Lipinski definition) is 3. The maximum absolute atomic E-state index is 14.2. The van der Waals surface area contributed by atoms with Gasteiger partial charge in [-0.1, -0.05) is 37.8 Å². The maximum atomic E-state index is 14.2. The van der Waals surface area contributed by atoms with Crippen LogP contribution in [0.15, 0.2) is 28.7 Å². The summed E-state index contributed by atoms with van der Waals surface area (Å²) in [6.07, 6.45) is 9.10. The van der Waals surface area contributed by atoms with Crippen LogP contribution in [0.3, 0.4) is 0 Å². The first-order valence-corrected chi connectivity index (χ1v) is 19.5. The Morgan fingerprint density at radius 3 is 2.45 bits per heavy atom. The van der Waals surface area contributed by atoms with Crippen molar-refractivity contribution in [1.29, 1.82) is 0 Å². The molecule has 0 bridgehead atoms. The highest BCUT2D eigenvalue weighted by Crippen LogP contribution is 2.30. The summed E-state index contributed by atoms with van der Waals surface area (Å²) in [7, 11) is -3.78. The van der Waals surface area contributed by atoms with E-state index in [2.05, 4.69) is 15.0 Å². The lowest BCUT2D eigenvalue weighted by Gasteiger charge is -2.29. The van der Waals surface area contributed by atoms with Crippen LogP contribution in [-0.2, 0) is 24.3 Å². The zero-order valence-corrected chi connectivity index (χ0v) is 29.1. The number of ether oxygens (including phenoxy) is 1. The molecule has 49 heavy (non-hydrogen) atoms. The largest absolute Gasteiger partial charge is 0.444 e. The second-order valence-corrected chi connectivity index (χ2v) is 15.4. The molecule has 3 fully saturated rings. The van der Waals surface area contributed by atoms with Crippen molar-refractivity contribution >= 4 is 44.8 Å². The van der Waals surface area contributed by atoms with Gasteiger partial charge < -0.3 is 30.0 Å². The first-order chi connectivity index (χ1) is 23.5. The van der Waals surface area contributed by atoms with Crippen molar-refractivity contribution < 1.29 is 36.7 Å². The molecule has 1 aromatic carbocycles. The number of rotatable bonds is 15. The molecule has 1 unspecified atom stereocenters. The number of Topliss-reactive ketones (excluding diaryl/α,β-unsaturated/α-hetero) is 1. The molecule has 3 heterocycles. The van der Waals surface area contributed by atoms with Gasteiger partial charge in [0.25, 0.3) is 5.89 Å². The number of likely N-dealkylation sites (tertiary alicyclic amines) is 2. The van der Waals surface area contributed by atoms with Crippen LogP contribution in [0.25, 0.3) is 11.1 Å². The number of carbonyl (C=O) groups is 4. The highest BCUT2D eigenvalue weighted by Gasteiger charge is 2.45. The molecule has 2 aliphatic heterocycles. The third-order valence-corrected chi connectivity index (χ3v) is 10.5. The van der Waals surface area contributed by atoms with Gasteiger partial charge in [0.1, 0.15) is 23.7 Å². The Balaban J connectivity index is 1.37. The molecule has 2 aromatic rings. The zero-order chi connectivity index (χ0) is 35.0. The quantitative estimate of drug-likeness (QED) is 0.183. The van der Waals surface area contributed by atoms with Gasteiger partial charge in [0.05, 0.1) is 18.8 Å². The molecule has 15 heteroatoms. The topological polar surface area (TPSA) is 194 Å². The van der Waals surface area contributed by atoms with Crippen molar-refractivity contribution in [2.24, 2.45) is 11.7 Å². The fourth-order valence-electron chi connectivity index (χ4n) is 7.22. The van der Waals surface area contributed by atoms with Crippen LogP contribution in [0.5, 0.6) is 0 Å². The van der Waals surface area contributed by atoms with Crippen LogP contribution in [-0.4, -0.2) is 104 Å². The number of benzene rings is 1. The number of unbranched alkanes of at least 4 members (excludes halogenated alkanes) is 1. The molecule has 270 valence electrons. The van der Waals surface area contributed by atoms with E-state index in [1.807, 2.05) is 0 Å². The molecule has 5 rings (SSSR count). The summed E-state index contributed by atoms with van der Waals surface area (Å²) >= 11 is 0. The predicted octanol–water partition coefficient (Wildman–Crippen LogP) is 3.10. The second-order valence-electron chi connectivity index (χ2n) is 13.7. The van der Waals surface area contributed by atoms with E-state index in [9.17, 15) is 27.6 Å². The number of carbonyl (C=O) groups excluding carboxylic acids is 4. The summed E-state index contributed by atoms with van der Waals surface area (Å²) in [4.78, 5) is 62.3. The number of nitrogens with zero attached hydrogens (tertiary/aromatic N) is 3. The Hall–Kier alpha value is -3.56. The molecule has 3 aliphatic rings. The van der Waals surface area contributed by atoms with Crippen LogP contribution in [0.2, 0.25) is 0 Å². The van der Waals surface area contributed by atoms with Crippen molar-refractivity contribution in [3.8, 4) is 0 Å². The molecular formula is C34H50N6O8S. The lowest BCUT2D eigenvalue weighted by atomic mass is 9.98. The summed E-state index contributed by atoms with van der Waals surface area (Å²) in [5.74, 6) is -1.43. The molecule has 0 spiro atoms. The van der Waals surface area contributed by atoms with Crippen molar-refractivity contribution in [3.05, 3.63) is 30.2 Å². The lowest BCUT2D eigenvalue weighted by Crippen LogP contribution is -2.55. The highest BCUT2D eigenvalue weighted by molar-refractivity contribution is 7.88. The van der Waals surface area contributed by atoms with Crippen LogP contribution in [0.1, 0.15) is 94.2 Å². The Bertz CT molecular complexity index is 1540. The van der Waals surface area contributed by atoms with E-state index < -0.39 is 57.9 Å². The van der Waals surface area contributed by atoms with Crippen molar-refractivity contribution in [1.82, 2.24) is 24.8 Å². The number of oxazole rings is 1. The van der Waals surface area contributed by atoms with Gasteiger partial charge in [-0.3, -0.25) is 14.4 Å². The highest BCUT2D eigenvalue weighted by atomic mass is 32.2. The average Bonchev–Trinajstić information content (AvgIpc) is 3.86. The minimum atomic E-state index is -3.78. The monoisotopic (exact) mass is 702 g/mol. The van der Waals surface area contributed by atoms with E-state index >= 15 is 0 Å². The average molecular weight is 703 g/mol. The lowest BCUT2D eigenvalue weighted by molar-refractivity contribution is -0.140. The molecule has 0 radical (unpaired) electrons. The van der Waals surface area contributed by atoms with Gasteiger partial charge in [-0.2, -0.15) is 0 Å². The number of fused-ring (bicyclic) bond motifs is 1. The molecule has 2 saturated heterocycles. The van der Waals surface area contributed by atoms with Gasteiger partial charge in [0, 0.05) is 19.5 Å². The molecule has 1 saturated carbocycles.